The van der Waals surface area contributed by atoms with Gasteiger partial charge in [0, 0.05) is 25.3 Å². The van der Waals surface area contributed by atoms with Crippen LogP contribution in [0.3, 0.4) is 0 Å². The molecule has 142 valence electrons. The van der Waals surface area contributed by atoms with Crippen molar-refractivity contribution >= 4 is 23.5 Å². The number of amides is 3. The van der Waals surface area contributed by atoms with Crippen LogP contribution in [0.25, 0.3) is 0 Å². The summed E-state index contributed by atoms with van der Waals surface area (Å²) in [6, 6.07) is 0.488. The second-order valence-electron chi connectivity index (χ2n) is 6.55. The van der Waals surface area contributed by atoms with Gasteiger partial charge in [-0.2, -0.15) is 0 Å². The summed E-state index contributed by atoms with van der Waals surface area (Å²) in [4.78, 5) is 23.7. The van der Waals surface area contributed by atoms with Crippen LogP contribution in [0.1, 0.15) is 30.9 Å². The van der Waals surface area contributed by atoms with Crippen LogP contribution in [0.2, 0.25) is 5.02 Å². The average Bonchev–Trinajstić information content (AvgIpc) is 3.07. The van der Waals surface area contributed by atoms with Crippen LogP contribution < -0.4 is 16.0 Å². The number of nitrogens with one attached hydrogen (secondary N) is 3. The van der Waals surface area contributed by atoms with Gasteiger partial charge in [-0.05, 0) is 31.2 Å². The zero-order valence-electron chi connectivity index (χ0n) is 14.0. The molecule has 2 aliphatic heterocycles. The van der Waals surface area contributed by atoms with Crippen molar-refractivity contribution in [1.82, 2.24) is 16.0 Å². The minimum atomic E-state index is -0.887. The van der Waals surface area contributed by atoms with Gasteiger partial charge in [0.1, 0.15) is 22.7 Å². The molecule has 0 saturated carbocycles. The van der Waals surface area contributed by atoms with Crippen molar-refractivity contribution in [1.29, 1.82) is 0 Å². The van der Waals surface area contributed by atoms with Gasteiger partial charge in [-0.3, -0.25) is 4.79 Å². The van der Waals surface area contributed by atoms with Gasteiger partial charge in [0.2, 0.25) is 5.91 Å². The van der Waals surface area contributed by atoms with Crippen LogP contribution in [0.5, 0.6) is 0 Å². The molecule has 3 atom stereocenters. The Labute approximate surface area is 154 Å². The molecule has 0 bridgehead atoms. The first-order valence-corrected chi connectivity index (χ1v) is 8.89. The largest absolute Gasteiger partial charge is 0.381 e. The molecular weight excluding hydrogens is 368 g/mol. The molecule has 2 saturated heterocycles. The van der Waals surface area contributed by atoms with Crippen LogP contribution in [0.15, 0.2) is 12.1 Å². The summed E-state index contributed by atoms with van der Waals surface area (Å²) in [6.45, 7) is 1.35. The van der Waals surface area contributed by atoms with E-state index in [1.54, 1.807) is 0 Å². The van der Waals surface area contributed by atoms with E-state index in [1.165, 1.54) is 6.07 Å². The number of halogens is 3. The number of rotatable bonds is 5. The minimum absolute atomic E-state index is 0.118. The lowest BCUT2D eigenvalue weighted by atomic mass is 9.90. The van der Waals surface area contributed by atoms with Gasteiger partial charge >= 0.3 is 6.03 Å². The second kappa shape index (κ2) is 8.18. The van der Waals surface area contributed by atoms with Crippen LogP contribution in [-0.4, -0.2) is 37.7 Å². The van der Waals surface area contributed by atoms with E-state index < -0.39 is 40.7 Å². The quantitative estimate of drug-likeness (QED) is 0.678. The molecule has 3 rings (SSSR count). The van der Waals surface area contributed by atoms with E-state index in [0.717, 1.165) is 18.9 Å². The van der Waals surface area contributed by atoms with Crippen molar-refractivity contribution in [2.75, 3.05) is 19.8 Å². The van der Waals surface area contributed by atoms with Crippen molar-refractivity contribution in [2.45, 2.75) is 31.3 Å². The van der Waals surface area contributed by atoms with Crippen LogP contribution in [0.4, 0.5) is 13.6 Å². The summed E-state index contributed by atoms with van der Waals surface area (Å²) >= 11 is 5.70. The number of carbonyl (C=O) groups excluding carboxylic acids is 2. The summed E-state index contributed by atoms with van der Waals surface area (Å²) in [7, 11) is 0. The summed E-state index contributed by atoms with van der Waals surface area (Å²) in [5, 5.41) is 7.14. The van der Waals surface area contributed by atoms with Crippen molar-refractivity contribution in [2.24, 2.45) is 5.92 Å². The number of hydrogen-bond donors (Lipinski definition) is 3. The van der Waals surface area contributed by atoms with Gasteiger partial charge in [-0.25, -0.2) is 13.6 Å². The lowest BCUT2D eigenvalue weighted by Crippen LogP contribution is -2.45. The maximum absolute atomic E-state index is 14.5. The molecule has 9 heteroatoms. The summed E-state index contributed by atoms with van der Waals surface area (Å²) in [5.41, 5.74) is 0.118. The third-order valence-electron chi connectivity index (χ3n) is 4.67. The first-order chi connectivity index (χ1) is 12.5. The number of benzene rings is 1. The summed E-state index contributed by atoms with van der Waals surface area (Å²) in [6.07, 6.45) is 2.21. The van der Waals surface area contributed by atoms with Crippen molar-refractivity contribution in [3.05, 3.63) is 34.4 Å². The zero-order chi connectivity index (χ0) is 18.7. The molecule has 2 unspecified atom stereocenters. The first-order valence-electron chi connectivity index (χ1n) is 8.51. The van der Waals surface area contributed by atoms with Crippen LogP contribution in [-0.2, 0) is 9.53 Å². The number of ether oxygens (including phenoxy) is 1. The predicted octanol–water partition coefficient (Wildman–Crippen LogP) is 2.27. The Balaban J connectivity index is 1.80. The van der Waals surface area contributed by atoms with E-state index >= 15 is 0 Å². The number of carbonyl (C=O) groups is 2. The number of urea groups is 1. The molecule has 3 N–H and O–H groups in total. The standard InChI is InChI=1S/C17H20ClF2N3O3/c18-14-11(19)4-3-10(15(14)20)12(6-9-2-1-5-26-8-9)22-16(24)13-7-21-17(25)23-13/h3-4,9,12-13H,1-2,5-8H2,(H,22,24)(H2,21,23,25)/t9?,12-,13?/m1/s1. The summed E-state index contributed by atoms with van der Waals surface area (Å²) < 4.78 is 33.5. The van der Waals surface area contributed by atoms with E-state index in [9.17, 15) is 18.4 Å². The lowest BCUT2D eigenvalue weighted by molar-refractivity contribution is -0.123. The molecule has 0 aliphatic carbocycles. The average molecular weight is 388 g/mol. The van der Waals surface area contributed by atoms with Crippen molar-refractivity contribution < 1.29 is 23.1 Å². The van der Waals surface area contributed by atoms with Crippen LogP contribution >= 0.6 is 11.6 Å². The number of hydrogen-bond acceptors (Lipinski definition) is 3. The fourth-order valence-electron chi connectivity index (χ4n) is 3.29. The Morgan fingerprint density at radius 1 is 1.42 bits per heavy atom. The van der Waals surface area contributed by atoms with Crippen molar-refractivity contribution in [3.63, 3.8) is 0 Å². The molecule has 0 radical (unpaired) electrons. The fraction of sp³-hybridized carbons (Fsp3) is 0.529. The van der Waals surface area contributed by atoms with E-state index in [-0.39, 0.29) is 18.0 Å². The Morgan fingerprint density at radius 2 is 2.23 bits per heavy atom. The normalized spacial score (nSPS) is 23.9. The molecule has 1 aromatic rings. The molecule has 6 nitrogen and oxygen atoms in total. The highest BCUT2D eigenvalue weighted by atomic mass is 35.5. The predicted molar refractivity (Wildman–Crippen MR) is 90.7 cm³/mol. The highest BCUT2D eigenvalue weighted by Crippen LogP contribution is 2.31. The van der Waals surface area contributed by atoms with Gasteiger partial charge in [-0.15, -0.1) is 0 Å². The second-order valence-corrected chi connectivity index (χ2v) is 6.93. The summed E-state index contributed by atoms with van der Waals surface area (Å²) in [5.74, 6) is -2.05. The fourth-order valence-corrected chi connectivity index (χ4v) is 3.46. The zero-order valence-corrected chi connectivity index (χ0v) is 14.7. The third kappa shape index (κ3) is 4.24. The van der Waals surface area contributed by atoms with Crippen LogP contribution in [0, 0.1) is 17.6 Å². The maximum Gasteiger partial charge on any atom is 0.315 e. The molecule has 26 heavy (non-hydrogen) atoms. The van der Waals surface area contributed by atoms with E-state index in [1.807, 2.05) is 0 Å². The molecule has 0 aromatic heterocycles. The van der Waals surface area contributed by atoms with E-state index in [0.29, 0.717) is 19.6 Å². The lowest BCUT2D eigenvalue weighted by Gasteiger charge is -2.28. The highest BCUT2D eigenvalue weighted by Gasteiger charge is 2.31. The Morgan fingerprint density at radius 3 is 2.88 bits per heavy atom. The molecule has 0 spiro atoms. The van der Waals surface area contributed by atoms with Gasteiger partial charge in [0.15, 0.2) is 0 Å². The smallest absolute Gasteiger partial charge is 0.315 e. The highest BCUT2D eigenvalue weighted by molar-refractivity contribution is 6.31. The SMILES string of the molecule is O=C1NCC(C(=O)N[C@H](CC2CCCOC2)c2ccc(F)c(Cl)c2F)N1. The topological polar surface area (TPSA) is 79.5 Å². The van der Waals surface area contributed by atoms with Gasteiger partial charge in [0.05, 0.1) is 6.04 Å². The van der Waals surface area contributed by atoms with Gasteiger partial charge in [-0.1, -0.05) is 17.7 Å². The molecule has 2 aliphatic rings. The molecule has 2 heterocycles. The van der Waals surface area contributed by atoms with E-state index in [2.05, 4.69) is 16.0 Å². The first kappa shape index (κ1) is 18.8. The Kier molecular flexibility index (Phi) is 5.93. The molecule has 1 aromatic carbocycles. The minimum Gasteiger partial charge on any atom is -0.381 e. The molecule has 3 amide bonds. The van der Waals surface area contributed by atoms with E-state index in [4.69, 9.17) is 16.3 Å². The van der Waals surface area contributed by atoms with Gasteiger partial charge < -0.3 is 20.7 Å². The van der Waals surface area contributed by atoms with Crippen molar-refractivity contribution in [3.8, 4) is 0 Å². The monoisotopic (exact) mass is 387 g/mol. The Bertz CT molecular complexity index is 698. The van der Waals surface area contributed by atoms with Gasteiger partial charge in [0.25, 0.3) is 0 Å². The maximum atomic E-state index is 14.5. The third-order valence-corrected chi connectivity index (χ3v) is 5.02. The molecular formula is C17H20ClF2N3O3. The Hall–Kier alpha value is -1.93. The molecule has 2 fully saturated rings.